The van der Waals surface area contributed by atoms with Crippen LogP contribution in [0.5, 0.6) is 0 Å². The van der Waals surface area contributed by atoms with Crippen LogP contribution in [0.2, 0.25) is 0 Å². The molecule has 0 amide bonds. The van der Waals surface area contributed by atoms with Crippen molar-refractivity contribution in [3.05, 3.63) is 6.33 Å². The van der Waals surface area contributed by atoms with E-state index in [2.05, 4.69) is 15.1 Å². The Bertz CT molecular complexity index is 274. The van der Waals surface area contributed by atoms with Crippen molar-refractivity contribution in [2.75, 3.05) is 18.0 Å². The Morgan fingerprint density at radius 1 is 1.46 bits per heavy atom. The quantitative estimate of drug-likeness (QED) is 0.648. The molecule has 1 aliphatic heterocycles. The second-order valence-corrected chi connectivity index (χ2v) is 3.57. The highest BCUT2D eigenvalue weighted by molar-refractivity contribution is 5.29. The molecule has 1 aliphatic rings. The van der Waals surface area contributed by atoms with Crippen molar-refractivity contribution in [3.63, 3.8) is 0 Å². The molecule has 1 saturated heterocycles. The van der Waals surface area contributed by atoms with Gasteiger partial charge in [-0.3, -0.25) is 0 Å². The van der Waals surface area contributed by atoms with Gasteiger partial charge >= 0.3 is 0 Å². The minimum atomic E-state index is 0.365. The Kier molecular flexibility index (Phi) is 2.18. The first-order valence-corrected chi connectivity index (χ1v) is 4.62. The van der Waals surface area contributed by atoms with Gasteiger partial charge in [0.15, 0.2) is 0 Å². The van der Waals surface area contributed by atoms with E-state index in [1.165, 1.54) is 0 Å². The summed E-state index contributed by atoms with van der Waals surface area (Å²) in [5.74, 6) is 0.951. The molecular weight excluding hydrogens is 166 g/mol. The number of anilines is 1. The topological polar surface area (TPSA) is 60.0 Å². The van der Waals surface area contributed by atoms with Gasteiger partial charge in [-0.05, 0) is 12.8 Å². The third-order valence-corrected chi connectivity index (χ3v) is 2.51. The summed E-state index contributed by atoms with van der Waals surface area (Å²) in [6, 6.07) is 0.365. The molecule has 0 unspecified atom stereocenters. The number of aromatic nitrogens is 3. The summed E-state index contributed by atoms with van der Waals surface area (Å²) in [4.78, 5) is 2.23. The maximum Gasteiger partial charge on any atom is 0.226 e. The van der Waals surface area contributed by atoms with E-state index in [1.807, 2.05) is 11.6 Å². The van der Waals surface area contributed by atoms with Gasteiger partial charge in [0.05, 0.1) is 0 Å². The van der Waals surface area contributed by atoms with Crippen LogP contribution in [0.1, 0.15) is 12.8 Å². The van der Waals surface area contributed by atoms with Crippen LogP contribution in [0, 0.1) is 0 Å². The van der Waals surface area contributed by atoms with Crippen molar-refractivity contribution in [2.45, 2.75) is 18.9 Å². The van der Waals surface area contributed by atoms with Crippen molar-refractivity contribution in [1.82, 2.24) is 14.8 Å². The molecule has 5 nitrogen and oxygen atoms in total. The first kappa shape index (κ1) is 8.50. The first-order chi connectivity index (χ1) is 6.27. The molecule has 13 heavy (non-hydrogen) atoms. The van der Waals surface area contributed by atoms with Crippen molar-refractivity contribution in [2.24, 2.45) is 12.8 Å². The maximum absolute atomic E-state index is 5.82. The van der Waals surface area contributed by atoms with Gasteiger partial charge in [0.2, 0.25) is 5.95 Å². The lowest BCUT2D eigenvalue weighted by atomic mass is 10.1. The number of hydrogen-bond donors (Lipinski definition) is 1. The number of piperidine rings is 1. The van der Waals surface area contributed by atoms with Gasteiger partial charge < -0.3 is 15.2 Å². The number of aryl methyl sites for hydroxylation is 1. The Morgan fingerprint density at radius 3 is 2.69 bits per heavy atom. The highest BCUT2D eigenvalue weighted by atomic mass is 15.4. The zero-order chi connectivity index (χ0) is 9.26. The number of nitrogens with two attached hydrogens (primary N) is 1. The smallest absolute Gasteiger partial charge is 0.226 e. The van der Waals surface area contributed by atoms with Crippen LogP contribution in [0.25, 0.3) is 0 Å². The molecular formula is C8H15N5. The minimum absolute atomic E-state index is 0.365. The van der Waals surface area contributed by atoms with E-state index in [4.69, 9.17) is 5.73 Å². The highest BCUT2D eigenvalue weighted by Gasteiger charge is 2.18. The minimum Gasteiger partial charge on any atom is -0.341 e. The van der Waals surface area contributed by atoms with Crippen molar-refractivity contribution in [1.29, 1.82) is 0 Å². The van der Waals surface area contributed by atoms with Gasteiger partial charge in [-0.2, -0.15) is 0 Å². The highest BCUT2D eigenvalue weighted by Crippen LogP contribution is 2.15. The van der Waals surface area contributed by atoms with Gasteiger partial charge in [-0.15, -0.1) is 10.2 Å². The molecule has 1 aromatic heterocycles. The Balaban J connectivity index is 2.06. The van der Waals surface area contributed by atoms with E-state index in [0.717, 1.165) is 31.9 Å². The second kappa shape index (κ2) is 3.33. The van der Waals surface area contributed by atoms with Gasteiger partial charge in [0.25, 0.3) is 0 Å². The zero-order valence-electron chi connectivity index (χ0n) is 7.85. The lowest BCUT2D eigenvalue weighted by Crippen LogP contribution is -2.40. The SMILES string of the molecule is Cn1cnnc1N1CCC(N)CC1. The molecule has 0 aromatic carbocycles. The van der Waals surface area contributed by atoms with Gasteiger partial charge in [-0.1, -0.05) is 0 Å². The molecule has 0 bridgehead atoms. The average Bonchev–Trinajstić information content (AvgIpc) is 2.53. The summed E-state index contributed by atoms with van der Waals surface area (Å²) >= 11 is 0. The van der Waals surface area contributed by atoms with Crippen molar-refractivity contribution >= 4 is 5.95 Å². The molecule has 0 radical (unpaired) electrons. The molecule has 2 rings (SSSR count). The average molecular weight is 181 g/mol. The van der Waals surface area contributed by atoms with Crippen LogP contribution < -0.4 is 10.6 Å². The first-order valence-electron chi connectivity index (χ1n) is 4.62. The Hall–Kier alpha value is -1.10. The zero-order valence-corrected chi connectivity index (χ0v) is 7.85. The van der Waals surface area contributed by atoms with E-state index in [0.29, 0.717) is 6.04 Å². The van der Waals surface area contributed by atoms with Crippen molar-refractivity contribution < 1.29 is 0 Å². The van der Waals surface area contributed by atoms with Crippen LogP contribution in [0.3, 0.4) is 0 Å². The summed E-state index contributed by atoms with van der Waals surface area (Å²) in [5.41, 5.74) is 5.82. The molecule has 0 aliphatic carbocycles. The van der Waals surface area contributed by atoms with Crippen LogP contribution in [-0.2, 0) is 7.05 Å². The van der Waals surface area contributed by atoms with E-state index in [9.17, 15) is 0 Å². The van der Waals surface area contributed by atoms with Gasteiger partial charge in [0.1, 0.15) is 6.33 Å². The van der Waals surface area contributed by atoms with E-state index in [1.54, 1.807) is 6.33 Å². The molecule has 2 heterocycles. The monoisotopic (exact) mass is 181 g/mol. The van der Waals surface area contributed by atoms with Crippen molar-refractivity contribution in [3.8, 4) is 0 Å². The Morgan fingerprint density at radius 2 is 2.15 bits per heavy atom. The fourth-order valence-electron chi connectivity index (χ4n) is 1.66. The molecule has 0 spiro atoms. The summed E-state index contributed by atoms with van der Waals surface area (Å²) in [7, 11) is 1.96. The molecule has 2 N–H and O–H groups in total. The summed E-state index contributed by atoms with van der Waals surface area (Å²) < 4.78 is 1.94. The van der Waals surface area contributed by atoms with E-state index in [-0.39, 0.29) is 0 Å². The molecule has 0 saturated carbocycles. The molecule has 72 valence electrons. The molecule has 1 fully saturated rings. The number of nitrogens with zero attached hydrogens (tertiary/aromatic N) is 4. The summed E-state index contributed by atoms with van der Waals surface area (Å²) in [6.45, 7) is 1.99. The fourth-order valence-corrected chi connectivity index (χ4v) is 1.66. The van der Waals surface area contributed by atoms with Gasteiger partial charge in [0, 0.05) is 26.2 Å². The molecule has 1 aromatic rings. The standard InChI is InChI=1S/C8H15N5/c1-12-6-10-11-8(12)13-4-2-7(9)3-5-13/h6-7H,2-5,9H2,1H3. The van der Waals surface area contributed by atoms with Crippen LogP contribution in [-0.4, -0.2) is 33.9 Å². The number of hydrogen-bond acceptors (Lipinski definition) is 4. The lowest BCUT2D eigenvalue weighted by molar-refractivity contribution is 0.492. The Labute approximate surface area is 77.5 Å². The van der Waals surface area contributed by atoms with Gasteiger partial charge in [-0.25, -0.2) is 0 Å². The third-order valence-electron chi connectivity index (χ3n) is 2.51. The third kappa shape index (κ3) is 1.65. The number of rotatable bonds is 1. The predicted octanol–water partition coefficient (Wildman–Crippen LogP) is -0.257. The lowest BCUT2D eigenvalue weighted by Gasteiger charge is -2.30. The van der Waals surface area contributed by atoms with Crippen LogP contribution >= 0.6 is 0 Å². The second-order valence-electron chi connectivity index (χ2n) is 3.57. The fraction of sp³-hybridized carbons (Fsp3) is 0.750. The summed E-state index contributed by atoms with van der Waals surface area (Å²) in [5, 5.41) is 7.92. The normalized spacial score (nSPS) is 19.4. The molecule has 5 heteroatoms. The van der Waals surface area contributed by atoms with Crippen LogP contribution in [0.15, 0.2) is 6.33 Å². The van der Waals surface area contributed by atoms with E-state index >= 15 is 0 Å². The van der Waals surface area contributed by atoms with Crippen LogP contribution in [0.4, 0.5) is 5.95 Å². The van der Waals surface area contributed by atoms with E-state index < -0.39 is 0 Å². The predicted molar refractivity (Wildman–Crippen MR) is 50.4 cm³/mol. The maximum atomic E-state index is 5.82. The summed E-state index contributed by atoms with van der Waals surface area (Å²) in [6.07, 6.45) is 3.82. The molecule has 0 atom stereocenters. The largest absolute Gasteiger partial charge is 0.341 e.